The molecule has 2 aromatic carbocycles. The molecule has 1 aromatic heterocycles. The van der Waals surface area contributed by atoms with Gasteiger partial charge in [0.05, 0.1) is 19.7 Å². The third-order valence-corrected chi connectivity index (χ3v) is 7.29. The maximum Gasteiger partial charge on any atom is 0.251 e. The van der Waals surface area contributed by atoms with Gasteiger partial charge in [-0.15, -0.1) is 0 Å². The lowest BCUT2D eigenvalue weighted by molar-refractivity contribution is -0.141. The highest BCUT2D eigenvalue weighted by Crippen LogP contribution is 2.34. The molecule has 0 spiro atoms. The van der Waals surface area contributed by atoms with Crippen LogP contribution >= 0.6 is 0 Å². The highest BCUT2D eigenvalue weighted by Gasteiger charge is 2.31. The number of ether oxygens (including phenoxy) is 5. The van der Waals surface area contributed by atoms with E-state index in [1.165, 1.54) is 5.56 Å². The minimum Gasteiger partial charge on any atom is -0.493 e. The van der Waals surface area contributed by atoms with Gasteiger partial charge in [0, 0.05) is 50.3 Å². The SMILES string of the molecule is CC(N)Cc1ccc2c(c1)OCO2.COc1cc2nc(N3CCN(C(=O)C4CCCO4)CC3)nc(N)c2cc1OC. The Morgan fingerprint density at radius 2 is 1.78 bits per heavy atom. The van der Waals surface area contributed by atoms with Crippen molar-refractivity contribution in [3.63, 3.8) is 0 Å². The lowest BCUT2D eigenvalue weighted by Gasteiger charge is -2.35. The molecule has 12 heteroatoms. The summed E-state index contributed by atoms with van der Waals surface area (Å²) in [7, 11) is 3.16. The zero-order valence-corrected chi connectivity index (χ0v) is 23.8. The topological polar surface area (TPSA) is 148 Å². The van der Waals surface area contributed by atoms with Crippen molar-refractivity contribution in [1.82, 2.24) is 14.9 Å². The first-order valence-electron chi connectivity index (χ1n) is 13.8. The zero-order chi connectivity index (χ0) is 28.9. The van der Waals surface area contributed by atoms with Gasteiger partial charge in [0.25, 0.3) is 5.91 Å². The van der Waals surface area contributed by atoms with E-state index in [9.17, 15) is 4.79 Å². The normalized spacial score (nSPS) is 18.6. The molecular formula is C29H38N6O6. The summed E-state index contributed by atoms with van der Waals surface area (Å²) >= 11 is 0. The molecule has 41 heavy (non-hydrogen) atoms. The average molecular weight is 567 g/mol. The van der Waals surface area contributed by atoms with Crippen LogP contribution in [-0.2, 0) is 16.0 Å². The van der Waals surface area contributed by atoms with Crippen molar-refractivity contribution in [2.45, 2.75) is 38.3 Å². The minimum absolute atomic E-state index is 0.0907. The van der Waals surface area contributed by atoms with Gasteiger partial charge in [-0.25, -0.2) is 4.98 Å². The zero-order valence-electron chi connectivity index (χ0n) is 23.8. The van der Waals surface area contributed by atoms with Gasteiger partial charge in [0.1, 0.15) is 11.9 Å². The van der Waals surface area contributed by atoms with Crippen LogP contribution < -0.4 is 35.3 Å². The number of aromatic nitrogens is 2. The van der Waals surface area contributed by atoms with Crippen molar-refractivity contribution in [1.29, 1.82) is 0 Å². The summed E-state index contributed by atoms with van der Waals surface area (Å²) in [5, 5.41) is 0.716. The van der Waals surface area contributed by atoms with Crippen molar-refractivity contribution in [2.75, 3.05) is 64.4 Å². The second-order valence-electron chi connectivity index (χ2n) is 10.3. The van der Waals surface area contributed by atoms with Gasteiger partial charge < -0.3 is 45.0 Å². The molecule has 0 saturated carbocycles. The van der Waals surface area contributed by atoms with Crippen LogP contribution in [0.1, 0.15) is 25.3 Å². The monoisotopic (exact) mass is 566 g/mol. The van der Waals surface area contributed by atoms with Gasteiger partial charge in [-0.3, -0.25) is 4.79 Å². The van der Waals surface area contributed by atoms with Crippen molar-refractivity contribution in [3.05, 3.63) is 35.9 Å². The van der Waals surface area contributed by atoms with Crippen molar-refractivity contribution < 1.29 is 28.5 Å². The van der Waals surface area contributed by atoms with Crippen LogP contribution in [0.5, 0.6) is 23.0 Å². The van der Waals surface area contributed by atoms with Crippen LogP contribution in [0.25, 0.3) is 10.9 Å². The Balaban J connectivity index is 0.000000216. The number of nitrogens with zero attached hydrogens (tertiary/aromatic N) is 4. The highest BCUT2D eigenvalue weighted by atomic mass is 16.7. The number of benzene rings is 2. The molecule has 4 heterocycles. The Morgan fingerprint density at radius 1 is 1.05 bits per heavy atom. The van der Waals surface area contributed by atoms with E-state index in [1.54, 1.807) is 26.4 Å². The van der Waals surface area contributed by atoms with E-state index in [0.717, 1.165) is 30.8 Å². The molecule has 2 saturated heterocycles. The van der Waals surface area contributed by atoms with Crippen LogP contribution in [0.3, 0.4) is 0 Å². The molecule has 0 aliphatic carbocycles. The van der Waals surface area contributed by atoms with E-state index in [-0.39, 0.29) is 18.1 Å². The second kappa shape index (κ2) is 12.6. The molecule has 4 N–H and O–H groups in total. The molecule has 6 rings (SSSR count). The van der Waals surface area contributed by atoms with Gasteiger partial charge in [-0.05, 0) is 49.9 Å². The van der Waals surface area contributed by atoms with E-state index in [0.29, 0.717) is 73.7 Å². The summed E-state index contributed by atoms with van der Waals surface area (Å²) in [4.78, 5) is 25.6. The second-order valence-corrected chi connectivity index (χ2v) is 10.3. The lowest BCUT2D eigenvalue weighted by Crippen LogP contribution is -2.51. The van der Waals surface area contributed by atoms with E-state index < -0.39 is 0 Å². The number of hydrogen-bond donors (Lipinski definition) is 2. The third-order valence-electron chi connectivity index (χ3n) is 7.29. The number of methoxy groups -OCH3 is 2. The summed E-state index contributed by atoms with van der Waals surface area (Å²) in [6, 6.07) is 9.71. The Morgan fingerprint density at radius 3 is 2.46 bits per heavy atom. The Labute approximate surface area is 239 Å². The quantitative estimate of drug-likeness (QED) is 0.453. The fraction of sp³-hybridized carbons (Fsp3) is 0.483. The standard InChI is InChI=1S/C19H25N5O4.C10H13NO2/c1-26-15-10-12-13(11-16(15)27-2)21-19(22-17(12)20)24-7-5-23(6-8-24)18(25)14-4-3-9-28-14;1-7(11)4-8-2-3-9-10(5-8)13-6-12-9/h10-11,14H,3-9H2,1-2H3,(H2,20,21,22);2-3,5,7H,4,6,11H2,1H3. The Kier molecular flexibility index (Phi) is 8.79. The predicted molar refractivity (Wildman–Crippen MR) is 155 cm³/mol. The fourth-order valence-corrected chi connectivity index (χ4v) is 5.15. The first-order valence-corrected chi connectivity index (χ1v) is 13.8. The number of nitrogens with two attached hydrogens (primary N) is 2. The van der Waals surface area contributed by atoms with E-state index in [4.69, 9.17) is 35.2 Å². The largest absolute Gasteiger partial charge is 0.493 e. The number of anilines is 2. The van der Waals surface area contributed by atoms with Crippen molar-refractivity contribution >= 4 is 28.6 Å². The molecule has 0 bridgehead atoms. The molecule has 220 valence electrons. The van der Waals surface area contributed by atoms with Crippen LogP contribution in [0, 0.1) is 0 Å². The molecule has 2 fully saturated rings. The number of nitrogen functional groups attached to an aromatic ring is 1. The number of hydrogen-bond acceptors (Lipinski definition) is 11. The number of fused-ring (bicyclic) bond motifs is 2. The molecule has 2 atom stereocenters. The van der Waals surface area contributed by atoms with Gasteiger partial charge in [-0.1, -0.05) is 6.07 Å². The summed E-state index contributed by atoms with van der Waals surface area (Å²) in [6.45, 7) is 5.53. The fourth-order valence-electron chi connectivity index (χ4n) is 5.15. The van der Waals surface area contributed by atoms with Gasteiger partial charge in [-0.2, -0.15) is 4.98 Å². The first-order chi connectivity index (χ1) is 19.9. The van der Waals surface area contributed by atoms with Gasteiger partial charge in [0.2, 0.25) is 12.7 Å². The number of piperazine rings is 1. The third kappa shape index (κ3) is 6.49. The molecule has 3 aromatic rings. The van der Waals surface area contributed by atoms with Crippen LogP contribution in [0.4, 0.5) is 11.8 Å². The summed E-state index contributed by atoms with van der Waals surface area (Å²) < 4.78 is 26.7. The highest BCUT2D eigenvalue weighted by molar-refractivity contribution is 5.91. The average Bonchev–Trinajstić information content (AvgIpc) is 3.69. The molecule has 12 nitrogen and oxygen atoms in total. The number of carbonyl (C=O) groups is 1. The van der Waals surface area contributed by atoms with Crippen LogP contribution in [-0.4, -0.2) is 86.7 Å². The Hall–Kier alpha value is -4.03. The number of carbonyl (C=O) groups excluding carboxylic acids is 1. The summed E-state index contributed by atoms with van der Waals surface area (Å²) in [5.74, 6) is 3.87. The summed E-state index contributed by atoms with van der Waals surface area (Å²) in [6.07, 6.45) is 2.36. The molecular weight excluding hydrogens is 528 g/mol. The minimum atomic E-state index is -0.276. The van der Waals surface area contributed by atoms with E-state index in [2.05, 4.69) is 9.97 Å². The molecule has 0 radical (unpaired) electrons. The summed E-state index contributed by atoms with van der Waals surface area (Å²) in [5.41, 5.74) is 13.8. The van der Waals surface area contributed by atoms with Crippen molar-refractivity contribution in [3.8, 4) is 23.0 Å². The van der Waals surface area contributed by atoms with E-state index >= 15 is 0 Å². The maximum atomic E-state index is 12.5. The van der Waals surface area contributed by atoms with Crippen molar-refractivity contribution in [2.24, 2.45) is 5.73 Å². The number of rotatable bonds is 6. The first kappa shape index (κ1) is 28.5. The lowest BCUT2D eigenvalue weighted by atomic mass is 10.1. The molecule has 2 unspecified atom stereocenters. The molecule has 3 aliphatic heterocycles. The Bertz CT molecular complexity index is 1370. The maximum absolute atomic E-state index is 12.5. The smallest absolute Gasteiger partial charge is 0.251 e. The van der Waals surface area contributed by atoms with Crippen LogP contribution in [0.2, 0.25) is 0 Å². The predicted octanol–water partition coefficient (Wildman–Crippen LogP) is 2.36. The van der Waals surface area contributed by atoms with Gasteiger partial charge >= 0.3 is 0 Å². The van der Waals surface area contributed by atoms with Crippen LogP contribution in [0.15, 0.2) is 30.3 Å². The van der Waals surface area contributed by atoms with E-state index in [1.807, 2.05) is 34.9 Å². The molecule has 3 aliphatic rings. The number of amides is 1. The molecule has 1 amide bonds. The van der Waals surface area contributed by atoms with Gasteiger partial charge in [0.15, 0.2) is 23.0 Å².